The first-order valence-electron chi connectivity index (χ1n) is 6.87. The SMILES string of the molecule is Oc1cc2c(cc1CC1CCCNC1)CCC2. The summed E-state index contributed by atoms with van der Waals surface area (Å²) in [6.45, 7) is 2.27. The van der Waals surface area contributed by atoms with E-state index in [0.717, 1.165) is 25.9 Å². The molecule has 2 N–H and O–H groups in total. The highest BCUT2D eigenvalue weighted by Gasteiger charge is 2.18. The third-order valence-corrected chi connectivity index (χ3v) is 4.20. The number of aryl methyl sites for hydroxylation is 2. The number of fused-ring (bicyclic) bond motifs is 1. The van der Waals surface area contributed by atoms with E-state index in [2.05, 4.69) is 11.4 Å². The van der Waals surface area contributed by atoms with Crippen LogP contribution in [0.15, 0.2) is 12.1 Å². The van der Waals surface area contributed by atoms with Crippen LogP contribution in [0.5, 0.6) is 5.75 Å². The normalized spacial score (nSPS) is 23.6. The highest BCUT2D eigenvalue weighted by Crippen LogP contribution is 2.31. The molecule has 92 valence electrons. The maximum absolute atomic E-state index is 10.1. The first kappa shape index (κ1) is 11.1. The van der Waals surface area contributed by atoms with E-state index in [9.17, 15) is 5.11 Å². The zero-order valence-electron chi connectivity index (χ0n) is 10.3. The molecule has 0 bridgehead atoms. The van der Waals surface area contributed by atoms with E-state index in [0.29, 0.717) is 11.7 Å². The molecule has 0 spiro atoms. The summed E-state index contributed by atoms with van der Waals surface area (Å²) >= 11 is 0. The van der Waals surface area contributed by atoms with Crippen molar-refractivity contribution < 1.29 is 5.11 Å². The van der Waals surface area contributed by atoms with Gasteiger partial charge in [-0.15, -0.1) is 0 Å². The van der Waals surface area contributed by atoms with Crippen molar-refractivity contribution in [2.45, 2.75) is 38.5 Å². The fraction of sp³-hybridized carbons (Fsp3) is 0.600. The molecule has 1 aliphatic heterocycles. The van der Waals surface area contributed by atoms with Crippen molar-refractivity contribution in [1.82, 2.24) is 5.32 Å². The molecule has 1 aromatic rings. The predicted octanol–water partition coefficient (Wildman–Crippen LogP) is 2.42. The average Bonchev–Trinajstić information content (AvgIpc) is 2.78. The number of hydrogen-bond donors (Lipinski definition) is 2. The molecule has 1 unspecified atom stereocenters. The van der Waals surface area contributed by atoms with Crippen LogP contribution in [0.4, 0.5) is 0 Å². The smallest absolute Gasteiger partial charge is 0.119 e. The van der Waals surface area contributed by atoms with Gasteiger partial charge >= 0.3 is 0 Å². The molecule has 17 heavy (non-hydrogen) atoms. The number of piperidine rings is 1. The number of phenolic OH excluding ortho intramolecular Hbond substituents is 1. The number of benzene rings is 1. The molecule has 3 rings (SSSR count). The monoisotopic (exact) mass is 231 g/mol. The van der Waals surface area contributed by atoms with Crippen LogP contribution in [-0.4, -0.2) is 18.2 Å². The first-order valence-corrected chi connectivity index (χ1v) is 6.87. The van der Waals surface area contributed by atoms with E-state index in [-0.39, 0.29) is 0 Å². The maximum Gasteiger partial charge on any atom is 0.119 e. The Morgan fingerprint density at radius 3 is 2.76 bits per heavy atom. The van der Waals surface area contributed by atoms with Gasteiger partial charge < -0.3 is 10.4 Å². The number of hydrogen-bond acceptors (Lipinski definition) is 2. The van der Waals surface area contributed by atoms with E-state index < -0.39 is 0 Å². The average molecular weight is 231 g/mol. The lowest BCUT2D eigenvalue weighted by Gasteiger charge is -2.23. The van der Waals surface area contributed by atoms with E-state index in [1.165, 1.54) is 42.4 Å². The fourth-order valence-electron chi connectivity index (χ4n) is 3.23. The highest BCUT2D eigenvalue weighted by atomic mass is 16.3. The van der Waals surface area contributed by atoms with E-state index >= 15 is 0 Å². The number of phenols is 1. The second kappa shape index (κ2) is 4.69. The number of aromatic hydroxyl groups is 1. The molecule has 1 aromatic carbocycles. The molecule has 0 radical (unpaired) electrons. The summed E-state index contributed by atoms with van der Waals surface area (Å²) < 4.78 is 0. The predicted molar refractivity (Wildman–Crippen MR) is 69.4 cm³/mol. The van der Waals surface area contributed by atoms with E-state index in [1.54, 1.807) is 0 Å². The lowest BCUT2D eigenvalue weighted by atomic mass is 9.90. The van der Waals surface area contributed by atoms with E-state index in [1.807, 2.05) is 6.07 Å². The minimum absolute atomic E-state index is 0.524. The molecule has 2 nitrogen and oxygen atoms in total. The quantitative estimate of drug-likeness (QED) is 0.819. The zero-order chi connectivity index (χ0) is 11.7. The molecule has 1 saturated heterocycles. The maximum atomic E-state index is 10.1. The lowest BCUT2D eigenvalue weighted by molar-refractivity contribution is 0.369. The van der Waals surface area contributed by atoms with Gasteiger partial charge in [-0.2, -0.15) is 0 Å². The third kappa shape index (κ3) is 2.32. The van der Waals surface area contributed by atoms with Gasteiger partial charge in [0.25, 0.3) is 0 Å². The molecule has 1 fully saturated rings. The van der Waals surface area contributed by atoms with Crippen LogP contribution >= 0.6 is 0 Å². The van der Waals surface area contributed by atoms with Gasteiger partial charge in [0.15, 0.2) is 0 Å². The Kier molecular flexibility index (Phi) is 3.06. The van der Waals surface area contributed by atoms with Crippen molar-refractivity contribution in [3.8, 4) is 5.75 Å². The van der Waals surface area contributed by atoms with Crippen LogP contribution in [0.3, 0.4) is 0 Å². The summed E-state index contributed by atoms with van der Waals surface area (Å²) in [6, 6.07) is 4.26. The first-order chi connectivity index (χ1) is 8.33. The zero-order valence-corrected chi connectivity index (χ0v) is 10.3. The Labute approximate surface area is 103 Å². The Bertz CT molecular complexity index is 408. The third-order valence-electron chi connectivity index (χ3n) is 4.20. The minimum Gasteiger partial charge on any atom is -0.508 e. The van der Waals surface area contributed by atoms with Crippen LogP contribution in [0.1, 0.15) is 36.0 Å². The highest BCUT2D eigenvalue weighted by molar-refractivity contribution is 5.44. The fourth-order valence-corrected chi connectivity index (χ4v) is 3.23. The number of rotatable bonds is 2. The molecule has 0 saturated carbocycles. The second-order valence-electron chi connectivity index (χ2n) is 5.52. The van der Waals surface area contributed by atoms with Crippen molar-refractivity contribution in [3.05, 3.63) is 28.8 Å². The van der Waals surface area contributed by atoms with Gasteiger partial charge in [-0.25, -0.2) is 0 Å². The molecule has 1 atom stereocenters. The van der Waals surface area contributed by atoms with E-state index in [4.69, 9.17) is 0 Å². The largest absolute Gasteiger partial charge is 0.508 e. The summed E-state index contributed by atoms with van der Waals surface area (Å²) in [6.07, 6.45) is 7.20. The van der Waals surface area contributed by atoms with Gasteiger partial charge in [0.2, 0.25) is 0 Å². The minimum atomic E-state index is 0.524. The molecule has 2 heteroatoms. The summed E-state index contributed by atoms with van der Waals surface area (Å²) in [5.74, 6) is 1.23. The Morgan fingerprint density at radius 1 is 1.18 bits per heavy atom. The van der Waals surface area contributed by atoms with Gasteiger partial charge in [-0.3, -0.25) is 0 Å². The van der Waals surface area contributed by atoms with Gasteiger partial charge in [0.05, 0.1) is 0 Å². The summed E-state index contributed by atoms with van der Waals surface area (Å²) in [7, 11) is 0. The van der Waals surface area contributed by atoms with Crippen molar-refractivity contribution in [3.63, 3.8) is 0 Å². The summed E-state index contributed by atoms with van der Waals surface area (Å²) in [4.78, 5) is 0. The van der Waals surface area contributed by atoms with Gasteiger partial charge in [-0.1, -0.05) is 6.07 Å². The van der Waals surface area contributed by atoms with Gasteiger partial charge in [0.1, 0.15) is 5.75 Å². The molecule has 2 aliphatic rings. The molecule has 0 aromatic heterocycles. The number of nitrogens with one attached hydrogen (secondary N) is 1. The molecule has 0 amide bonds. The Morgan fingerprint density at radius 2 is 2.00 bits per heavy atom. The summed E-state index contributed by atoms with van der Waals surface area (Å²) in [5.41, 5.74) is 4.01. The van der Waals surface area contributed by atoms with Crippen molar-refractivity contribution >= 4 is 0 Å². The molecule has 1 heterocycles. The van der Waals surface area contributed by atoms with Crippen LogP contribution in [0, 0.1) is 5.92 Å². The Hall–Kier alpha value is -1.02. The lowest BCUT2D eigenvalue weighted by Crippen LogP contribution is -2.30. The molecular formula is C15H21NO. The molecular weight excluding hydrogens is 210 g/mol. The summed E-state index contributed by atoms with van der Waals surface area (Å²) in [5, 5.41) is 13.5. The van der Waals surface area contributed by atoms with Gasteiger partial charge in [-0.05, 0) is 80.3 Å². The van der Waals surface area contributed by atoms with Crippen LogP contribution < -0.4 is 5.32 Å². The molecule has 1 aliphatic carbocycles. The topological polar surface area (TPSA) is 32.3 Å². The van der Waals surface area contributed by atoms with Crippen LogP contribution in [0.2, 0.25) is 0 Å². The Balaban J connectivity index is 1.78. The van der Waals surface area contributed by atoms with Crippen molar-refractivity contribution in [1.29, 1.82) is 0 Å². The van der Waals surface area contributed by atoms with Crippen molar-refractivity contribution in [2.75, 3.05) is 13.1 Å². The van der Waals surface area contributed by atoms with Crippen molar-refractivity contribution in [2.24, 2.45) is 5.92 Å². The van der Waals surface area contributed by atoms with Gasteiger partial charge in [0, 0.05) is 0 Å². The van der Waals surface area contributed by atoms with Crippen LogP contribution in [0.25, 0.3) is 0 Å². The van der Waals surface area contributed by atoms with Crippen LogP contribution in [-0.2, 0) is 19.3 Å². The standard InChI is InChI=1S/C15H21NO/c17-15-9-13-5-1-4-12(13)8-14(15)7-11-3-2-6-16-10-11/h8-9,11,16-17H,1-7,10H2. The second-order valence-corrected chi connectivity index (χ2v) is 5.52.